The third-order valence-corrected chi connectivity index (χ3v) is 3.64. The topological polar surface area (TPSA) is 56.2 Å². The lowest BCUT2D eigenvalue weighted by Gasteiger charge is -2.35. The number of hydrogen-bond donors (Lipinski definition) is 2. The lowest BCUT2D eigenvalue weighted by atomic mass is 10.2. The van der Waals surface area contributed by atoms with Crippen molar-refractivity contribution in [3.63, 3.8) is 0 Å². The van der Waals surface area contributed by atoms with Crippen LogP contribution < -0.4 is 0 Å². The van der Waals surface area contributed by atoms with E-state index in [1.54, 1.807) is 0 Å². The molecule has 1 aliphatic heterocycles. The number of aliphatic hydroxyl groups is 2. The Morgan fingerprint density at radius 1 is 1.05 bits per heavy atom. The molecular formula is C14H30N2O3. The lowest BCUT2D eigenvalue weighted by Crippen LogP contribution is -2.48. The van der Waals surface area contributed by atoms with E-state index in [1.807, 2.05) is 4.90 Å². The van der Waals surface area contributed by atoms with E-state index in [1.165, 1.54) is 0 Å². The summed E-state index contributed by atoms with van der Waals surface area (Å²) in [6.45, 7) is 9.16. The highest BCUT2D eigenvalue weighted by molar-refractivity contribution is 4.70. The molecule has 1 rings (SSSR count). The van der Waals surface area contributed by atoms with Crippen molar-refractivity contribution in [1.82, 2.24) is 9.80 Å². The molecule has 0 spiro atoms. The molecule has 0 bridgehead atoms. The van der Waals surface area contributed by atoms with Crippen LogP contribution in [0.3, 0.4) is 0 Å². The van der Waals surface area contributed by atoms with E-state index >= 15 is 0 Å². The molecule has 0 radical (unpaired) electrons. The van der Waals surface area contributed by atoms with E-state index in [4.69, 9.17) is 4.74 Å². The van der Waals surface area contributed by atoms with Crippen LogP contribution in [0, 0.1) is 0 Å². The fourth-order valence-electron chi connectivity index (χ4n) is 2.43. The Hall–Kier alpha value is -0.200. The molecule has 2 atom stereocenters. The van der Waals surface area contributed by atoms with Gasteiger partial charge in [0.25, 0.3) is 0 Å². The van der Waals surface area contributed by atoms with Gasteiger partial charge >= 0.3 is 0 Å². The Bertz CT molecular complexity index is 211. The summed E-state index contributed by atoms with van der Waals surface area (Å²) in [5, 5.41) is 20.3. The molecule has 1 aliphatic rings. The highest BCUT2D eigenvalue weighted by Crippen LogP contribution is 2.12. The predicted octanol–water partition coefficient (Wildman–Crippen LogP) is 0.858. The molecule has 2 N–H and O–H groups in total. The average molecular weight is 274 g/mol. The van der Waals surface area contributed by atoms with Gasteiger partial charge in [-0.05, 0) is 12.8 Å². The van der Waals surface area contributed by atoms with E-state index in [0.29, 0.717) is 19.4 Å². The number of hydrogen-bond acceptors (Lipinski definition) is 5. The summed E-state index contributed by atoms with van der Waals surface area (Å²) in [7, 11) is 0. The first-order valence-corrected chi connectivity index (χ1v) is 7.61. The zero-order valence-corrected chi connectivity index (χ0v) is 12.4. The van der Waals surface area contributed by atoms with Crippen molar-refractivity contribution in [2.24, 2.45) is 0 Å². The molecule has 5 heteroatoms. The minimum atomic E-state index is -0.535. The Morgan fingerprint density at radius 2 is 1.58 bits per heavy atom. The number of nitrogens with zero attached hydrogens (tertiary/aromatic N) is 2. The first-order chi connectivity index (χ1) is 9.19. The van der Waals surface area contributed by atoms with E-state index in [9.17, 15) is 10.2 Å². The van der Waals surface area contributed by atoms with Crippen molar-refractivity contribution >= 4 is 0 Å². The first kappa shape index (κ1) is 16.9. The third-order valence-electron chi connectivity index (χ3n) is 3.64. The smallest absolute Gasteiger partial charge is 0.109 e. The molecule has 0 aromatic carbocycles. The highest BCUT2D eigenvalue weighted by Gasteiger charge is 2.23. The van der Waals surface area contributed by atoms with Crippen LogP contribution >= 0.6 is 0 Å². The fourth-order valence-corrected chi connectivity index (χ4v) is 2.43. The van der Waals surface area contributed by atoms with Crippen LogP contribution in [0.2, 0.25) is 0 Å². The second kappa shape index (κ2) is 9.66. The summed E-state index contributed by atoms with van der Waals surface area (Å²) in [5.74, 6) is 0. The quantitative estimate of drug-likeness (QED) is 0.611. The summed E-state index contributed by atoms with van der Waals surface area (Å²) >= 11 is 0. The minimum Gasteiger partial charge on any atom is -0.379 e. The van der Waals surface area contributed by atoms with Gasteiger partial charge in [0.2, 0.25) is 0 Å². The van der Waals surface area contributed by atoms with Gasteiger partial charge in [0, 0.05) is 26.2 Å². The van der Waals surface area contributed by atoms with Crippen LogP contribution in [0.5, 0.6) is 0 Å². The van der Waals surface area contributed by atoms with E-state index in [-0.39, 0.29) is 0 Å². The first-order valence-electron chi connectivity index (χ1n) is 7.61. The average Bonchev–Trinajstić information content (AvgIpc) is 2.41. The van der Waals surface area contributed by atoms with Crippen LogP contribution in [-0.2, 0) is 4.74 Å². The van der Waals surface area contributed by atoms with Crippen LogP contribution in [0.25, 0.3) is 0 Å². The molecule has 0 saturated carbocycles. The molecule has 0 amide bonds. The lowest BCUT2D eigenvalue weighted by molar-refractivity contribution is -0.111. The van der Waals surface area contributed by atoms with Crippen LogP contribution in [0.1, 0.15) is 39.5 Å². The number of morpholine rings is 1. The molecule has 0 aromatic rings. The Labute approximate surface area is 117 Å². The predicted molar refractivity (Wildman–Crippen MR) is 75.8 cm³/mol. The fraction of sp³-hybridized carbons (Fsp3) is 1.00. The molecule has 2 unspecified atom stereocenters. The van der Waals surface area contributed by atoms with Crippen molar-refractivity contribution in [3.05, 3.63) is 0 Å². The molecule has 0 aliphatic carbocycles. The van der Waals surface area contributed by atoms with Gasteiger partial charge in [-0.15, -0.1) is 0 Å². The Kier molecular flexibility index (Phi) is 8.57. The zero-order chi connectivity index (χ0) is 14.1. The molecule has 1 heterocycles. The second-order valence-corrected chi connectivity index (χ2v) is 5.23. The molecule has 1 saturated heterocycles. The highest BCUT2D eigenvalue weighted by atomic mass is 16.5. The summed E-state index contributed by atoms with van der Waals surface area (Å²) in [5.41, 5.74) is 0. The van der Waals surface area contributed by atoms with Gasteiger partial charge < -0.3 is 14.9 Å². The van der Waals surface area contributed by atoms with E-state index in [0.717, 1.165) is 45.7 Å². The van der Waals surface area contributed by atoms with Crippen molar-refractivity contribution < 1.29 is 14.9 Å². The normalized spacial score (nSPS) is 20.7. The van der Waals surface area contributed by atoms with Crippen LogP contribution in [-0.4, -0.2) is 71.9 Å². The summed E-state index contributed by atoms with van der Waals surface area (Å²) in [6, 6.07) is 0. The molecule has 1 fully saturated rings. The van der Waals surface area contributed by atoms with E-state index in [2.05, 4.69) is 18.7 Å². The largest absolute Gasteiger partial charge is 0.379 e. The molecule has 19 heavy (non-hydrogen) atoms. The van der Waals surface area contributed by atoms with Crippen LogP contribution in [0.15, 0.2) is 0 Å². The van der Waals surface area contributed by atoms with Gasteiger partial charge in [-0.3, -0.25) is 9.80 Å². The summed E-state index contributed by atoms with van der Waals surface area (Å²) in [4.78, 5) is 4.16. The third kappa shape index (κ3) is 6.19. The van der Waals surface area contributed by atoms with Crippen molar-refractivity contribution in [2.75, 3.05) is 39.4 Å². The number of rotatable bonds is 9. The maximum atomic E-state index is 10.2. The van der Waals surface area contributed by atoms with Gasteiger partial charge in [-0.25, -0.2) is 0 Å². The zero-order valence-electron chi connectivity index (χ0n) is 12.4. The molecule has 114 valence electrons. The van der Waals surface area contributed by atoms with Crippen molar-refractivity contribution in [3.8, 4) is 0 Å². The minimum absolute atomic E-state index is 0.535. The SMILES string of the molecule is CCCC(O)N(CCN1CCOCC1)C(O)CCC. The number of ether oxygens (including phenoxy) is 1. The summed E-state index contributed by atoms with van der Waals surface area (Å²) < 4.78 is 5.32. The van der Waals surface area contributed by atoms with Crippen molar-refractivity contribution in [1.29, 1.82) is 0 Å². The standard InChI is InChI=1S/C14H30N2O3/c1-3-5-13(17)16(14(18)6-4-2)8-7-15-9-11-19-12-10-15/h13-14,17-18H,3-12H2,1-2H3. The van der Waals surface area contributed by atoms with Gasteiger partial charge in [-0.2, -0.15) is 0 Å². The monoisotopic (exact) mass is 274 g/mol. The van der Waals surface area contributed by atoms with Gasteiger partial charge in [0.1, 0.15) is 12.5 Å². The molecular weight excluding hydrogens is 244 g/mol. The number of aliphatic hydroxyl groups excluding tert-OH is 2. The van der Waals surface area contributed by atoms with E-state index < -0.39 is 12.5 Å². The second-order valence-electron chi connectivity index (χ2n) is 5.23. The maximum Gasteiger partial charge on any atom is 0.109 e. The van der Waals surface area contributed by atoms with Crippen LogP contribution in [0.4, 0.5) is 0 Å². The molecule has 5 nitrogen and oxygen atoms in total. The maximum absolute atomic E-state index is 10.2. The van der Waals surface area contributed by atoms with Crippen molar-refractivity contribution in [2.45, 2.75) is 52.0 Å². The Balaban J connectivity index is 2.42. The Morgan fingerprint density at radius 3 is 2.05 bits per heavy atom. The van der Waals surface area contributed by atoms with Gasteiger partial charge in [0.15, 0.2) is 0 Å². The molecule has 0 aromatic heterocycles. The van der Waals surface area contributed by atoms with Gasteiger partial charge in [-0.1, -0.05) is 26.7 Å². The summed E-state index contributed by atoms with van der Waals surface area (Å²) in [6.07, 6.45) is 2.20. The van der Waals surface area contributed by atoms with Gasteiger partial charge in [0.05, 0.1) is 13.2 Å².